The Labute approximate surface area is 145 Å². The zero-order chi connectivity index (χ0) is 17.8. The van der Waals surface area contributed by atoms with Crippen molar-refractivity contribution >= 4 is 45.4 Å². The summed E-state index contributed by atoms with van der Waals surface area (Å²) in [7, 11) is 0. The minimum Gasteiger partial charge on any atom is -0.289 e. The van der Waals surface area contributed by atoms with Crippen LogP contribution in [0.3, 0.4) is 0 Å². The third kappa shape index (κ3) is 2.20. The summed E-state index contributed by atoms with van der Waals surface area (Å²) in [5.41, 5.74) is -1.66. The van der Waals surface area contributed by atoms with Gasteiger partial charge in [-0.2, -0.15) is 0 Å². The maximum Gasteiger partial charge on any atom is 0.284 e. The third-order valence-electron chi connectivity index (χ3n) is 3.53. The number of hydrogen-bond donors (Lipinski definition) is 0. The van der Waals surface area contributed by atoms with Crippen molar-refractivity contribution < 1.29 is 19.6 Å². The molecule has 2 aromatic rings. The number of halogens is 1. The van der Waals surface area contributed by atoms with Crippen molar-refractivity contribution in [2.75, 3.05) is 0 Å². The van der Waals surface area contributed by atoms with Crippen molar-refractivity contribution in [2.45, 2.75) is 0 Å². The summed E-state index contributed by atoms with van der Waals surface area (Å²) in [5, 5.41) is 33.2. The normalized spacial score (nSPS) is 11.8. The first-order valence-corrected chi connectivity index (χ1v) is 7.30. The summed E-state index contributed by atoms with van der Waals surface area (Å²) in [6, 6.07) is 3.94. The van der Waals surface area contributed by atoms with Crippen molar-refractivity contribution in [3.05, 3.63) is 69.3 Å². The van der Waals surface area contributed by atoms with Crippen molar-refractivity contribution in [1.82, 2.24) is 0 Å². The topological polar surface area (TPSA) is 146 Å². The van der Waals surface area contributed by atoms with Gasteiger partial charge in [0, 0.05) is 38.5 Å². The summed E-state index contributed by atoms with van der Waals surface area (Å²) in [5.74, 6) is -0.714. The van der Waals surface area contributed by atoms with E-state index in [9.17, 15) is 35.1 Å². The highest BCUT2D eigenvalue weighted by Crippen LogP contribution is 2.47. The molecular weight excluding hydrogens is 437 g/mol. The van der Waals surface area contributed by atoms with E-state index in [1.165, 1.54) is 6.07 Å². The number of hydrogen-bond acceptors (Lipinski definition) is 7. The van der Waals surface area contributed by atoms with Gasteiger partial charge in [-0.3, -0.25) is 35.1 Å². The fourth-order valence-corrected chi connectivity index (χ4v) is 3.46. The van der Waals surface area contributed by atoms with E-state index in [0.29, 0.717) is 0 Å². The molecule has 0 radical (unpaired) electrons. The number of nitrogens with zero attached hydrogens (tertiary/aromatic N) is 3. The lowest BCUT2D eigenvalue weighted by Gasteiger charge is -2.04. The first-order valence-electron chi connectivity index (χ1n) is 6.22. The van der Waals surface area contributed by atoms with E-state index >= 15 is 0 Å². The smallest absolute Gasteiger partial charge is 0.284 e. The Morgan fingerprint density at radius 1 is 0.750 bits per heavy atom. The average molecular weight is 441 g/mol. The summed E-state index contributed by atoms with van der Waals surface area (Å²) >= 11 is 1.74. The zero-order valence-corrected chi connectivity index (χ0v) is 13.5. The van der Waals surface area contributed by atoms with E-state index in [1.54, 1.807) is 22.6 Å². The molecule has 10 nitrogen and oxygen atoms in total. The van der Waals surface area contributed by atoms with Gasteiger partial charge < -0.3 is 0 Å². The molecule has 0 bridgehead atoms. The van der Waals surface area contributed by atoms with Crippen LogP contribution >= 0.6 is 22.6 Å². The zero-order valence-electron chi connectivity index (χ0n) is 11.4. The van der Waals surface area contributed by atoms with Gasteiger partial charge in [0.05, 0.1) is 26.4 Å². The van der Waals surface area contributed by atoms with E-state index in [-0.39, 0.29) is 31.5 Å². The molecule has 0 atom stereocenters. The van der Waals surface area contributed by atoms with E-state index in [1.807, 2.05) is 0 Å². The molecule has 0 fully saturated rings. The molecule has 11 heteroatoms. The minimum absolute atomic E-state index is 0.0510. The second-order valence-corrected chi connectivity index (χ2v) is 6.00. The predicted molar refractivity (Wildman–Crippen MR) is 88.0 cm³/mol. The number of non-ortho nitro benzene ring substituents is 2. The highest BCUT2D eigenvalue weighted by Gasteiger charge is 2.38. The third-order valence-corrected chi connectivity index (χ3v) is 4.39. The van der Waals surface area contributed by atoms with Gasteiger partial charge in [-0.25, -0.2) is 0 Å². The van der Waals surface area contributed by atoms with E-state index < -0.39 is 31.9 Å². The first-order chi connectivity index (χ1) is 11.2. The Hall–Kier alpha value is -2.96. The van der Waals surface area contributed by atoms with Crippen molar-refractivity contribution in [2.24, 2.45) is 0 Å². The van der Waals surface area contributed by atoms with Crippen LogP contribution in [0.1, 0.15) is 15.9 Å². The molecule has 0 saturated heterocycles. The Balaban J connectivity index is 2.41. The lowest BCUT2D eigenvalue weighted by atomic mass is 10.0. The molecule has 120 valence electrons. The van der Waals surface area contributed by atoms with E-state index in [0.717, 1.165) is 18.2 Å². The summed E-state index contributed by atoms with van der Waals surface area (Å²) in [6.45, 7) is 0. The second kappa shape index (κ2) is 5.30. The Morgan fingerprint density at radius 2 is 1.25 bits per heavy atom. The molecule has 0 saturated carbocycles. The van der Waals surface area contributed by atoms with Crippen LogP contribution in [0, 0.1) is 33.9 Å². The highest BCUT2D eigenvalue weighted by molar-refractivity contribution is 14.1. The van der Waals surface area contributed by atoms with Gasteiger partial charge in [0.1, 0.15) is 0 Å². The molecule has 24 heavy (non-hydrogen) atoms. The van der Waals surface area contributed by atoms with Crippen molar-refractivity contribution in [3.63, 3.8) is 0 Å². The molecule has 0 N–H and O–H groups in total. The van der Waals surface area contributed by atoms with Gasteiger partial charge in [0.25, 0.3) is 17.1 Å². The first kappa shape index (κ1) is 15.9. The molecule has 1 aliphatic rings. The van der Waals surface area contributed by atoms with E-state index in [2.05, 4.69) is 0 Å². The van der Waals surface area contributed by atoms with Gasteiger partial charge in [-0.1, -0.05) is 0 Å². The monoisotopic (exact) mass is 441 g/mol. The van der Waals surface area contributed by atoms with Crippen LogP contribution in [0.25, 0.3) is 11.1 Å². The molecule has 0 unspecified atom stereocenters. The summed E-state index contributed by atoms with van der Waals surface area (Å²) in [4.78, 5) is 43.3. The fourth-order valence-electron chi connectivity index (χ4n) is 2.58. The fraction of sp³-hybridized carbons (Fsp3) is 0. The van der Waals surface area contributed by atoms with Crippen molar-refractivity contribution in [3.8, 4) is 11.1 Å². The number of carbonyl (C=O) groups excluding carboxylic acids is 1. The molecule has 0 aromatic heterocycles. The number of fused-ring (bicyclic) bond motifs is 3. The predicted octanol–water partition coefficient (Wildman–Crippen LogP) is 3.23. The van der Waals surface area contributed by atoms with Gasteiger partial charge in [0.2, 0.25) is 0 Å². The summed E-state index contributed by atoms with van der Waals surface area (Å²) in [6.07, 6.45) is 0. The average Bonchev–Trinajstić information content (AvgIpc) is 2.79. The number of rotatable bonds is 3. The number of nitro groups is 3. The van der Waals surface area contributed by atoms with Crippen LogP contribution in [-0.4, -0.2) is 20.6 Å². The van der Waals surface area contributed by atoms with Gasteiger partial charge in [-0.15, -0.1) is 0 Å². The standard InChI is InChI=1S/C13H4IN3O7/c14-9-3-5(15(19)20)1-7-11(9)12-8(13(7)18)2-6(16(21)22)4-10(12)17(23)24/h1-4H. The quantitative estimate of drug-likeness (QED) is 0.344. The van der Waals surface area contributed by atoms with Crippen LogP contribution in [0.4, 0.5) is 17.1 Å². The molecule has 1 aliphatic carbocycles. The van der Waals surface area contributed by atoms with Crippen LogP contribution in [0.15, 0.2) is 24.3 Å². The maximum absolute atomic E-state index is 12.5. The lowest BCUT2D eigenvalue weighted by Crippen LogP contribution is -2.00. The molecule has 0 amide bonds. The molecule has 2 aromatic carbocycles. The number of ketones is 1. The molecule has 3 rings (SSSR count). The number of nitro benzene ring substituents is 3. The maximum atomic E-state index is 12.5. The Morgan fingerprint density at radius 3 is 1.75 bits per heavy atom. The number of carbonyl (C=O) groups is 1. The van der Waals surface area contributed by atoms with Crippen LogP contribution < -0.4 is 0 Å². The van der Waals surface area contributed by atoms with Gasteiger partial charge in [-0.05, 0) is 22.6 Å². The number of benzene rings is 2. The Bertz CT molecular complexity index is 986. The van der Waals surface area contributed by atoms with Crippen molar-refractivity contribution in [1.29, 1.82) is 0 Å². The van der Waals surface area contributed by atoms with Gasteiger partial charge in [0.15, 0.2) is 5.78 Å². The molecular formula is C13H4IN3O7. The molecule has 0 aliphatic heterocycles. The van der Waals surface area contributed by atoms with Gasteiger partial charge >= 0.3 is 0 Å². The summed E-state index contributed by atoms with van der Waals surface area (Å²) < 4.78 is 0.279. The largest absolute Gasteiger partial charge is 0.289 e. The molecule has 0 heterocycles. The van der Waals surface area contributed by atoms with Crippen LogP contribution in [0.5, 0.6) is 0 Å². The second-order valence-electron chi connectivity index (χ2n) is 4.84. The minimum atomic E-state index is -0.836. The van der Waals surface area contributed by atoms with E-state index in [4.69, 9.17) is 0 Å². The van der Waals surface area contributed by atoms with Crippen LogP contribution in [0.2, 0.25) is 0 Å². The SMILES string of the molecule is O=C1c2cc([N+](=O)[O-])cc(I)c2-c2c1cc([N+](=O)[O-])cc2[N+](=O)[O-]. The Kier molecular flexibility index (Phi) is 3.51. The highest BCUT2D eigenvalue weighted by atomic mass is 127. The lowest BCUT2D eigenvalue weighted by molar-refractivity contribution is -0.393. The van der Waals surface area contributed by atoms with Crippen LogP contribution in [-0.2, 0) is 0 Å². The molecule has 0 spiro atoms.